The molecule has 1 fully saturated rings. The quantitative estimate of drug-likeness (QED) is 0.309. The van der Waals surface area contributed by atoms with Crippen LogP contribution in [0.2, 0.25) is 0 Å². The Hall–Kier alpha value is -3.42. The highest BCUT2D eigenvalue weighted by Crippen LogP contribution is 2.33. The van der Waals surface area contributed by atoms with Crippen LogP contribution in [0.5, 0.6) is 5.75 Å². The van der Waals surface area contributed by atoms with Gasteiger partial charge in [-0.1, -0.05) is 84.6 Å². The summed E-state index contributed by atoms with van der Waals surface area (Å²) >= 11 is 6.67. The maximum atomic E-state index is 13.4. The third-order valence-electron chi connectivity index (χ3n) is 5.21. The third kappa shape index (κ3) is 5.73. The number of rotatable bonds is 8. The van der Waals surface area contributed by atoms with Crippen LogP contribution in [0, 0.1) is 0 Å². The van der Waals surface area contributed by atoms with Crippen molar-refractivity contribution in [3.05, 3.63) is 101 Å². The summed E-state index contributed by atoms with van der Waals surface area (Å²) in [6, 6.07) is 26.7. The smallest absolute Gasteiger partial charge is 0.266 e. The van der Waals surface area contributed by atoms with Gasteiger partial charge in [0.05, 0.1) is 18.1 Å². The predicted molar refractivity (Wildman–Crippen MR) is 142 cm³/mol. The van der Waals surface area contributed by atoms with Crippen molar-refractivity contribution in [1.29, 1.82) is 0 Å². The molecule has 0 unspecified atom stereocenters. The van der Waals surface area contributed by atoms with Gasteiger partial charge in [-0.3, -0.25) is 14.5 Å². The molecule has 0 atom stereocenters. The zero-order chi connectivity index (χ0) is 23.9. The first-order chi connectivity index (χ1) is 16.5. The lowest BCUT2D eigenvalue weighted by Crippen LogP contribution is -2.42. The van der Waals surface area contributed by atoms with E-state index in [-0.39, 0.29) is 18.4 Å². The van der Waals surface area contributed by atoms with Gasteiger partial charge in [-0.05, 0) is 48.4 Å². The van der Waals surface area contributed by atoms with Gasteiger partial charge >= 0.3 is 0 Å². The first kappa shape index (κ1) is 23.7. The molecule has 0 saturated carbocycles. The topological polar surface area (TPSA) is 49.9 Å². The molecule has 2 amide bonds. The molecule has 172 valence electrons. The van der Waals surface area contributed by atoms with E-state index in [2.05, 4.69) is 0 Å². The van der Waals surface area contributed by atoms with Crippen LogP contribution in [0.1, 0.15) is 18.1 Å². The summed E-state index contributed by atoms with van der Waals surface area (Å²) in [4.78, 5) is 30.0. The van der Waals surface area contributed by atoms with Crippen molar-refractivity contribution < 1.29 is 14.3 Å². The van der Waals surface area contributed by atoms with E-state index in [0.717, 1.165) is 22.6 Å². The molecule has 0 radical (unpaired) electrons. The van der Waals surface area contributed by atoms with Crippen molar-refractivity contribution >= 4 is 51.9 Å². The second kappa shape index (κ2) is 11.1. The third-order valence-corrected chi connectivity index (χ3v) is 6.59. The van der Waals surface area contributed by atoms with E-state index >= 15 is 0 Å². The fourth-order valence-electron chi connectivity index (χ4n) is 3.53. The minimum atomic E-state index is -0.259. The fraction of sp³-hybridized carbons (Fsp3) is 0.148. The number of hydrogen-bond donors (Lipinski definition) is 0. The molecule has 3 aromatic rings. The van der Waals surface area contributed by atoms with Crippen molar-refractivity contribution in [1.82, 2.24) is 4.90 Å². The lowest BCUT2D eigenvalue weighted by molar-refractivity contribution is -0.127. The number of carbonyl (C=O) groups excluding carboxylic acids is 2. The summed E-state index contributed by atoms with van der Waals surface area (Å²) in [5.74, 6) is 0.316. The number of thioether (sulfide) groups is 1. The maximum absolute atomic E-state index is 13.4. The maximum Gasteiger partial charge on any atom is 0.266 e. The minimum absolute atomic E-state index is 0.118. The number of benzene rings is 3. The van der Waals surface area contributed by atoms with E-state index in [1.807, 2.05) is 91.9 Å². The Morgan fingerprint density at radius 2 is 1.65 bits per heavy atom. The Morgan fingerprint density at radius 1 is 1.00 bits per heavy atom. The van der Waals surface area contributed by atoms with Crippen LogP contribution in [0.15, 0.2) is 89.8 Å². The zero-order valence-corrected chi connectivity index (χ0v) is 20.4. The van der Waals surface area contributed by atoms with E-state index < -0.39 is 0 Å². The van der Waals surface area contributed by atoms with Crippen molar-refractivity contribution in [2.24, 2.45) is 0 Å². The van der Waals surface area contributed by atoms with Gasteiger partial charge in [0.1, 0.15) is 16.6 Å². The summed E-state index contributed by atoms with van der Waals surface area (Å²) < 4.78 is 5.85. The Balaban J connectivity index is 1.51. The molecule has 4 rings (SSSR count). The molecule has 0 N–H and O–H groups in total. The van der Waals surface area contributed by atoms with Crippen molar-refractivity contribution in [3.8, 4) is 5.75 Å². The van der Waals surface area contributed by atoms with Crippen LogP contribution in [-0.4, -0.2) is 34.2 Å². The molecule has 0 aliphatic carbocycles. The van der Waals surface area contributed by atoms with E-state index in [1.165, 1.54) is 16.7 Å². The average Bonchev–Trinajstić information content (AvgIpc) is 3.12. The molecule has 34 heavy (non-hydrogen) atoms. The molecule has 7 heteroatoms. The summed E-state index contributed by atoms with van der Waals surface area (Å²) in [5.41, 5.74) is 2.64. The number of carbonyl (C=O) groups is 2. The monoisotopic (exact) mass is 488 g/mol. The van der Waals surface area contributed by atoms with Gasteiger partial charge in [0, 0.05) is 5.69 Å². The van der Waals surface area contributed by atoms with Gasteiger partial charge < -0.3 is 9.64 Å². The van der Waals surface area contributed by atoms with E-state index in [1.54, 1.807) is 11.0 Å². The van der Waals surface area contributed by atoms with Gasteiger partial charge in [0.15, 0.2) is 0 Å². The standard InChI is InChI=1S/C27H24N2O3S2/c1-2-32-23-15-13-20(14-16-23)17-24-26(31)29(27(33)34-24)19-25(30)28(22-11-7-4-8-12-22)18-21-9-5-3-6-10-21/h3-17H,2,18-19H2,1H3. The Labute approximate surface area is 209 Å². The summed E-state index contributed by atoms with van der Waals surface area (Å²) in [7, 11) is 0. The van der Waals surface area contributed by atoms with Gasteiger partial charge in [-0.15, -0.1) is 0 Å². The molecule has 1 aliphatic heterocycles. The van der Waals surface area contributed by atoms with Gasteiger partial charge in [0.25, 0.3) is 5.91 Å². The first-order valence-corrected chi connectivity index (χ1v) is 12.1. The molecule has 1 saturated heterocycles. The number of para-hydroxylation sites is 1. The van der Waals surface area contributed by atoms with Crippen molar-refractivity contribution in [2.45, 2.75) is 13.5 Å². The number of ether oxygens (including phenoxy) is 1. The molecule has 0 bridgehead atoms. The lowest BCUT2D eigenvalue weighted by Gasteiger charge is -2.25. The largest absolute Gasteiger partial charge is 0.494 e. The summed E-state index contributed by atoms with van der Waals surface area (Å²) in [5, 5.41) is 0. The van der Waals surface area contributed by atoms with Gasteiger partial charge in [-0.25, -0.2) is 0 Å². The van der Waals surface area contributed by atoms with Crippen LogP contribution in [0.3, 0.4) is 0 Å². The van der Waals surface area contributed by atoms with E-state index in [4.69, 9.17) is 17.0 Å². The molecular formula is C27H24N2O3S2. The van der Waals surface area contributed by atoms with E-state index in [9.17, 15) is 9.59 Å². The molecular weight excluding hydrogens is 464 g/mol. The number of thiocarbonyl (C=S) groups is 1. The highest BCUT2D eigenvalue weighted by Gasteiger charge is 2.34. The van der Waals surface area contributed by atoms with Crippen LogP contribution >= 0.6 is 24.0 Å². The van der Waals surface area contributed by atoms with Crippen LogP contribution in [0.4, 0.5) is 5.69 Å². The molecule has 0 aromatic heterocycles. The lowest BCUT2D eigenvalue weighted by atomic mass is 10.2. The van der Waals surface area contributed by atoms with Crippen LogP contribution in [0.25, 0.3) is 6.08 Å². The zero-order valence-electron chi connectivity index (χ0n) is 18.7. The highest BCUT2D eigenvalue weighted by atomic mass is 32.2. The Kier molecular flexibility index (Phi) is 7.77. The van der Waals surface area contributed by atoms with Gasteiger partial charge in [0.2, 0.25) is 5.91 Å². The number of hydrogen-bond acceptors (Lipinski definition) is 5. The number of anilines is 1. The second-order valence-corrected chi connectivity index (χ2v) is 9.25. The van der Waals surface area contributed by atoms with E-state index in [0.29, 0.717) is 22.4 Å². The average molecular weight is 489 g/mol. The normalized spacial score (nSPS) is 14.5. The second-order valence-electron chi connectivity index (χ2n) is 7.57. The minimum Gasteiger partial charge on any atom is -0.494 e. The predicted octanol–water partition coefficient (Wildman–Crippen LogP) is 5.52. The Bertz CT molecular complexity index is 1200. The number of nitrogens with zero attached hydrogens (tertiary/aromatic N) is 2. The highest BCUT2D eigenvalue weighted by molar-refractivity contribution is 8.26. The van der Waals surface area contributed by atoms with Crippen LogP contribution < -0.4 is 9.64 Å². The molecule has 5 nitrogen and oxygen atoms in total. The summed E-state index contributed by atoms with van der Waals surface area (Å²) in [6.07, 6.45) is 1.79. The SMILES string of the molecule is CCOc1ccc(C=C2SC(=S)N(CC(=O)N(Cc3ccccc3)c3ccccc3)C2=O)cc1. The molecule has 3 aromatic carbocycles. The van der Waals surface area contributed by atoms with Crippen molar-refractivity contribution in [2.75, 3.05) is 18.1 Å². The summed E-state index contributed by atoms with van der Waals surface area (Å²) in [6.45, 7) is 2.81. The van der Waals surface area contributed by atoms with Crippen LogP contribution in [-0.2, 0) is 16.1 Å². The fourth-order valence-corrected chi connectivity index (χ4v) is 4.79. The molecule has 0 spiro atoms. The Morgan fingerprint density at radius 3 is 2.29 bits per heavy atom. The van der Waals surface area contributed by atoms with Gasteiger partial charge in [-0.2, -0.15) is 0 Å². The number of amides is 2. The molecule has 1 heterocycles. The molecule has 1 aliphatic rings. The van der Waals surface area contributed by atoms with Crippen molar-refractivity contribution in [3.63, 3.8) is 0 Å². The first-order valence-electron chi connectivity index (χ1n) is 10.9.